The minimum absolute atomic E-state index is 0.795. The molecule has 0 aliphatic heterocycles. The number of nitrogens with two attached hydrogens (primary N) is 1. The summed E-state index contributed by atoms with van der Waals surface area (Å²) in [7, 11) is 0. The van der Waals surface area contributed by atoms with Crippen LogP contribution < -0.4 is 16.3 Å². The topological polar surface area (TPSA) is 35.9 Å². The molecule has 0 saturated carbocycles. The van der Waals surface area contributed by atoms with Crippen molar-refractivity contribution >= 4 is 72.8 Å². The van der Waals surface area contributed by atoms with Gasteiger partial charge in [-0.3, -0.25) is 0 Å². The van der Waals surface area contributed by atoms with Gasteiger partial charge in [-0.05, 0) is 171 Å². The molecule has 10 aromatic rings. The minimum Gasteiger partial charge on any atom is -0.399 e. The molecule has 3 aliphatic carbocycles. The fourth-order valence-electron chi connectivity index (χ4n) is 10.6. The van der Waals surface area contributed by atoms with Crippen LogP contribution >= 0.6 is 0 Å². The molecule has 8 aromatic carbocycles. The molecule has 2 aromatic heterocycles. The van der Waals surface area contributed by atoms with E-state index in [9.17, 15) is 0 Å². The van der Waals surface area contributed by atoms with Gasteiger partial charge in [-0.15, -0.1) is 0 Å². The molecule has 0 saturated heterocycles. The van der Waals surface area contributed by atoms with Crippen molar-refractivity contribution in [3.63, 3.8) is 0 Å². The third-order valence-electron chi connectivity index (χ3n) is 13.7. The van der Waals surface area contributed by atoms with Gasteiger partial charge in [0.25, 0.3) is 0 Å². The van der Waals surface area contributed by atoms with E-state index < -0.39 is 0 Å². The molecule has 65 heavy (non-hydrogen) atoms. The first-order valence-electron chi connectivity index (χ1n) is 23.1. The lowest BCUT2D eigenvalue weighted by Gasteiger charge is -2.15. The van der Waals surface area contributed by atoms with Gasteiger partial charge in [-0.25, -0.2) is 0 Å². The van der Waals surface area contributed by atoms with Gasteiger partial charge in [0.15, 0.2) is 0 Å². The molecule has 0 unspecified atom stereocenters. The summed E-state index contributed by atoms with van der Waals surface area (Å²) in [6, 6.07) is 61.4. The van der Waals surface area contributed by atoms with Gasteiger partial charge < -0.3 is 14.9 Å². The predicted octanol–water partition coefficient (Wildman–Crippen LogP) is 14.5. The Bertz CT molecular complexity index is 3700. The van der Waals surface area contributed by atoms with Crippen LogP contribution in [0.15, 0.2) is 194 Å². The highest BCUT2D eigenvalue weighted by Gasteiger charge is 2.20. The van der Waals surface area contributed by atoms with Gasteiger partial charge >= 0.3 is 0 Å². The monoisotopic (exact) mass is 835 g/mol. The van der Waals surface area contributed by atoms with Crippen molar-refractivity contribution in [2.75, 3.05) is 5.73 Å². The number of allylic oxidation sites excluding steroid dienone is 5. The highest BCUT2D eigenvalue weighted by molar-refractivity contribution is 6.14. The number of nitrogens with zero attached hydrogens (tertiary/aromatic N) is 2. The summed E-state index contributed by atoms with van der Waals surface area (Å²) in [6.45, 7) is 0. The van der Waals surface area contributed by atoms with Crippen molar-refractivity contribution in [3.05, 3.63) is 222 Å². The molecule has 0 atom stereocenters. The second-order valence-corrected chi connectivity index (χ2v) is 17.6. The van der Waals surface area contributed by atoms with E-state index in [4.69, 9.17) is 5.73 Å². The Hall–Kier alpha value is -7.88. The number of rotatable bonds is 5. The standard InChI is InChI=1S/C42H34N2.C20H15N/c1-3-12-29(13-4-1)31-22-24-41-37(26-31)38-27-32(30-14-5-2-6-15-30)23-25-42(38)44(41)34-17-11-16-33(28-34)43-39-20-9-7-18-35(39)36-19-8-10-21-40(36)43;21-16-11-9-14(10-12-16)20-13-15-5-1-2-6-17(15)18-7-3-4-8-19(18)20/h1-5,9,11-14,16-17,19-28H,6-8,10,15,18H2;1-13H,21H2. The maximum absolute atomic E-state index is 5.81. The highest BCUT2D eigenvalue weighted by Crippen LogP contribution is 2.39. The SMILES string of the molecule is C1=CCCC(c2ccc3c(c2)c2cc(-c4ccccc4)ccc2n3-c2cccc(-n3c4c(c5c3=CCCC=5)CCC=C4)c2)=C1.Nc1ccc(-c2cc3ccccc3c3ccccc23)cc1. The Kier molecular flexibility index (Phi) is 9.75. The van der Waals surface area contributed by atoms with Crippen LogP contribution in [0.4, 0.5) is 5.69 Å². The third-order valence-corrected chi connectivity index (χ3v) is 13.7. The number of anilines is 1. The first-order chi connectivity index (χ1) is 32.2. The molecule has 13 rings (SSSR count). The summed E-state index contributed by atoms with van der Waals surface area (Å²) in [5, 5.41) is 10.5. The van der Waals surface area contributed by atoms with Crippen LogP contribution in [0.2, 0.25) is 0 Å². The Balaban J connectivity index is 0.000000177. The van der Waals surface area contributed by atoms with E-state index in [0.717, 1.165) is 44.2 Å². The van der Waals surface area contributed by atoms with Crippen LogP contribution in [0.5, 0.6) is 0 Å². The molecule has 0 fully saturated rings. The Morgan fingerprint density at radius 2 is 1.12 bits per heavy atom. The van der Waals surface area contributed by atoms with Gasteiger partial charge in [0.05, 0.1) is 11.0 Å². The zero-order valence-corrected chi connectivity index (χ0v) is 36.4. The average molecular weight is 836 g/mol. The van der Waals surface area contributed by atoms with Gasteiger partial charge in [0, 0.05) is 38.9 Å². The minimum atomic E-state index is 0.795. The van der Waals surface area contributed by atoms with Crippen molar-refractivity contribution in [2.45, 2.75) is 38.5 Å². The summed E-state index contributed by atoms with van der Waals surface area (Å²) >= 11 is 0. The third kappa shape index (κ3) is 6.92. The van der Waals surface area contributed by atoms with Crippen molar-refractivity contribution in [3.8, 4) is 33.6 Å². The number of benzene rings is 8. The van der Waals surface area contributed by atoms with Gasteiger partial charge in [0.2, 0.25) is 0 Å². The normalized spacial score (nSPS) is 14.1. The molecular weight excluding hydrogens is 787 g/mol. The Labute approximate surface area is 379 Å². The molecule has 2 heterocycles. The average Bonchev–Trinajstić information content (AvgIpc) is 3.89. The van der Waals surface area contributed by atoms with E-state index in [0.29, 0.717) is 0 Å². The molecule has 312 valence electrons. The van der Waals surface area contributed by atoms with E-state index in [-0.39, 0.29) is 0 Å². The molecular formula is C62H49N3. The van der Waals surface area contributed by atoms with Crippen LogP contribution in [0.3, 0.4) is 0 Å². The van der Waals surface area contributed by atoms with Crippen LogP contribution in [-0.2, 0) is 6.42 Å². The van der Waals surface area contributed by atoms with Crippen molar-refractivity contribution < 1.29 is 0 Å². The first kappa shape index (κ1) is 38.8. The van der Waals surface area contributed by atoms with Crippen molar-refractivity contribution in [1.82, 2.24) is 9.13 Å². The number of fused-ring (bicyclic) bond motifs is 9. The molecule has 3 heteroatoms. The van der Waals surface area contributed by atoms with Gasteiger partial charge in [-0.1, -0.05) is 146 Å². The lowest BCUT2D eigenvalue weighted by molar-refractivity contribution is 0.947. The number of nitrogen functional groups attached to an aromatic ring is 1. The second kappa shape index (κ2) is 16.3. The largest absolute Gasteiger partial charge is 0.399 e. The highest BCUT2D eigenvalue weighted by atomic mass is 15.0. The fourth-order valence-corrected chi connectivity index (χ4v) is 10.6. The van der Waals surface area contributed by atoms with E-state index in [1.807, 2.05) is 12.1 Å². The van der Waals surface area contributed by atoms with Crippen LogP contribution in [0.1, 0.15) is 48.9 Å². The first-order valence-corrected chi connectivity index (χ1v) is 23.1. The second-order valence-electron chi connectivity index (χ2n) is 17.6. The summed E-state index contributed by atoms with van der Waals surface area (Å²) in [6.07, 6.45) is 23.0. The summed E-state index contributed by atoms with van der Waals surface area (Å²) in [5.74, 6) is 0. The van der Waals surface area contributed by atoms with Crippen LogP contribution in [0, 0.1) is 0 Å². The van der Waals surface area contributed by atoms with Crippen molar-refractivity contribution in [2.24, 2.45) is 0 Å². The smallest absolute Gasteiger partial charge is 0.0541 e. The quantitative estimate of drug-likeness (QED) is 0.136. The molecule has 0 radical (unpaired) electrons. The Morgan fingerprint density at radius 3 is 1.92 bits per heavy atom. The Morgan fingerprint density at radius 1 is 0.446 bits per heavy atom. The van der Waals surface area contributed by atoms with E-state index >= 15 is 0 Å². The number of hydrogen-bond donors (Lipinski definition) is 1. The molecule has 0 bridgehead atoms. The molecule has 0 amide bonds. The molecule has 2 N–H and O–H groups in total. The maximum Gasteiger partial charge on any atom is 0.0541 e. The van der Waals surface area contributed by atoms with E-state index in [1.165, 1.54) is 110 Å². The summed E-state index contributed by atoms with van der Waals surface area (Å²) < 4.78 is 4.97. The zero-order valence-electron chi connectivity index (χ0n) is 36.4. The van der Waals surface area contributed by atoms with Gasteiger partial charge in [-0.2, -0.15) is 0 Å². The number of hydrogen-bond acceptors (Lipinski definition) is 1. The molecule has 0 spiro atoms. The van der Waals surface area contributed by atoms with Crippen LogP contribution in [0.25, 0.3) is 101 Å². The van der Waals surface area contributed by atoms with Crippen LogP contribution in [-0.4, -0.2) is 9.13 Å². The molecule has 3 nitrogen and oxygen atoms in total. The van der Waals surface area contributed by atoms with E-state index in [2.05, 4.69) is 209 Å². The lowest BCUT2D eigenvalue weighted by Crippen LogP contribution is -2.31. The fraction of sp³-hybridized carbons (Fsp3) is 0.0968. The number of aromatic nitrogens is 2. The molecule has 3 aliphatic rings. The summed E-state index contributed by atoms with van der Waals surface area (Å²) in [4.78, 5) is 0. The maximum atomic E-state index is 5.81. The summed E-state index contributed by atoms with van der Waals surface area (Å²) in [5.41, 5.74) is 22.1. The van der Waals surface area contributed by atoms with Gasteiger partial charge in [0.1, 0.15) is 0 Å². The lowest BCUT2D eigenvalue weighted by atomic mass is 9.93. The van der Waals surface area contributed by atoms with Crippen molar-refractivity contribution in [1.29, 1.82) is 0 Å². The zero-order chi connectivity index (χ0) is 43.3. The predicted molar refractivity (Wildman–Crippen MR) is 278 cm³/mol. The van der Waals surface area contributed by atoms with E-state index in [1.54, 1.807) is 0 Å².